The number of anilines is 2. The molecule has 0 aromatic heterocycles. The molecule has 11 heteroatoms. The summed E-state index contributed by atoms with van der Waals surface area (Å²) in [5, 5.41) is 5.84. The molecule has 0 atom stereocenters. The van der Waals surface area contributed by atoms with Crippen molar-refractivity contribution in [2.75, 3.05) is 16.8 Å². The van der Waals surface area contributed by atoms with Gasteiger partial charge in [0.15, 0.2) is 6.61 Å². The molecule has 37 heavy (non-hydrogen) atoms. The number of barbiturate groups is 1. The Labute approximate surface area is 230 Å². The zero-order valence-electron chi connectivity index (χ0n) is 19.2. The van der Waals surface area contributed by atoms with E-state index in [0.717, 1.165) is 10.5 Å². The molecule has 1 heterocycles. The van der Waals surface area contributed by atoms with Crippen LogP contribution in [0.25, 0.3) is 6.08 Å². The molecule has 188 valence electrons. The second-order valence-corrected chi connectivity index (χ2v) is 9.62. The minimum absolute atomic E-state index is 0.230. The molecule has 0 radical (unpaired) electrons. The number of urea groups is 1. The minimum Gasteiger partial charge on any atom is -0.483 e. The second-order valence-electron chi connectivity index (χ2n) is 7.92. The zero-order chi connectivity index (χ0) is 26.7. The summed E-state index contributed by atoms with van der Waals surface area (Å²) in [7, 11) is 0. The fourth-order valence-electron chi connectivity index (χ4n) is 3.38. The Morgan fingerprint density at radius 3 is 2.46 bits per heavy atom. The van der Waals surface area contributed by atoms with Gasteiger partial charge in [-0.25, -0.2) is 9.69 Å². The number of benzene rings is 3. The first-order valence-electron chi connectivity index (χ1n) is 10.8. The van der Waals surface area contributed by atoms with Crippen LogP contribution < -0.4 is 20.3 Å². The molecular weight excluding hydrogens is 585 g/mol. The number of amides is 5. The summed E-state index contributed by atoms with van der Waals surface area (Å²) in [5.41, 5.74) is 1.97. The number of rotatable bonds is 6. The van der Waals surface area contributed by atoms with E-state index in [1.54, 1.807) is 36.4 Å². The fraction of sp³-hybridized carbons (Fsp3) is 0.0769. The zero-order valence-corrected chi connectivity index (χ0v) is 22.3. The highest BCUT2D eigenvalue weighted by Gasteiger charge is 2.36. The highest BCUT2D eigenvalue weighted by atomic mass is 79.9. The molecule has 4 rings (SSSR count). The highest BCUT2D eigenvalue weighted by molar-refractivity contribution is 9.10. The summed E-state index contributed by atoms with van der Waals surface area (Å²) in [4.78, 5) is 50.9. The van der Waals surface area contributed by atoms with Crippen LogP contribution in [0.15, 0.2) is 70.7 Å². The van der Waals surface area contributed by atoms with Gasteiger partial charge in [0.1, 0.15) is 11.3 Å². The number of nitrogens with one attached hydrogen (secondary N) is 2. The van der Waals surface area contributed by atoms with Crippen molar-refractivity contribution in [3.63, 3.8) is 0 Å². The highest BCUT2D eigenvalue weighted by Crippen LogP contribution is 2.29. The summed E-state index contributed by atoms with van der Waals surface area (Å²) >= 11 is 15.3. The maximum atomic E-state index is 13.0. The number of hydrogen-bond donors (Lipinski definition) is 2. The number of carbonyl (C=O) groups excluding carboxylic acids is 4. The Hall–Kier alpha value is -3.66. The van der Waals surface area contributed by atoms with Crippen LogP contribution in [0.1, 0.15) is 11.1 Å². The molecule has 1 aliphatic heterocycles. The molecule has 3 aromatic carbocycles. The van der Waals surface area contributed by atoms with Gasteiger partial charge in [0.25, 0.3) is 17.7 Å². The number of imide groups is 2. The van der Waals surface area contributed by atoms with Crippen molar-refractivity contribution in [3.8, 4) is 5.75 Å². The number of aryl methyl sites for hydroxylation is 1. The first-order valence-corrected chi connectivity index (χ1v) is 12.3. The van der Waals surface area contributed by atoms with Crippen molar-refractivity contribution in [3.05, 3.63) is 91.9 Å². The van der Waals surface area contributed by atoms with Gasteiger partial charge in [-0.1, -0.05) is 35.3 Å². The average molecular weight is 603 g/mol. The SMILES string of the molecule is Cc1ccc(NC(=O)COc2ccc(/C=C3/C(=O)NC(=O)N(c4ccc(Cl)cc4)C3=O)cc2Br)cc1Cl. The molecule has 0 bridgehead atoms. The molecular formula is C26H18BrCl2N3O5. The Balaban J connectivity index is 1.46. The Morgan fingerprint density at radius 1 is 1.05 bits per heavy atom. The molecule has 1 fully saturated rings. The van der Waals surface area contributed by atoms with E-state index in [-0.39, 0.29) is 23.8 Å². The minimum atomic E-state index is -0.856. The lowest BCUT2D eigenvalue weighted by molar-refractivity contribution is -0.122. The van der Waals surface area contributed by atoms with Crippen LogP contribution in [-0.4, -0.2) is 30.4 Å². The molecule has 3 aromatic rings. The molecule has 2 N–H and O–H groups in total. The Kier molecular flexibility index (Phi) is 7.97. The lowest BCUT2D eigenvalue weighted by atomic mass is 10.1. The van der Waals surface area contributed by atoms with Gasteiger partial charge < -0.3 is 10.1 Å². The third kappa shape index (κ3) is 6.19. The number of carbonyl (C=O) groups is 4. The average Bonchev–Trinajstić information content (AvgIpc) is 2.84. The lowest BCUT2D eigenvalue weighted by Crippen LogP contribution is -2.54. The second kappa shape index (κ2) is 11.2. The topological polar surface area (TPSA) is 105 Å². The summed E-state index contributed by atoms with van der Waals surface area (Å²) in [6.45, 7) is 1.60. The number of halogens is 3. The van der Waals surface area contributed by atoms with Crippen molar-refractivity contribution in [1.82, 2.24) is 5.32 Å². The lowest BCUT2D eigenvalue weighted by Gasteiger charge is -2.26. The molecule has 0 unspecified atom stereocenters. The number of ether oxygens (including phenoxy) is 1. The number of hydrogen-bond acceptors (Lipinski definition) is 5. The van der Waals surface area contributed by atoms with E-state index in [9.17, 15) is 19.2 Å². The summed E-state index contributed by atoms with van der Waals surface area (Å²) < 4.78 is 6.08. The first-order chi connectivity index (χ1) is 17.6. The van der Waals surface area contributed by atoms with Crippen molar-refractivity contribution < 1.29 is 23.9 Å². The molecule has 1 saturated heterocycles. The predicted octanol–water partition coefficient (Wildman–Crippen LogP) is 5.75. The van der Waals surface area contributed by atoms with Crippen LogP contribution in [0.5, 0.6) is 5.75 Å². The molecule has 0 saturated carbocycles. The van der Waals surface area contributed by atoms with Crippen molar-refractivity contribution in [2.45, 2.75) is 6.92 Å². The van der Waals surface area contributed by atoms with Crippen molar-refractivity contribution >= 4 is 80.3 Å². The first kappa shape index (κ1) is 26.4. The molecule has 8 nitrogen and oxygen atoms in total. The van der Waals surface area contributed by atoms with Gasteiger partial charge in [-0.2, -0.15) is 0 Å². The van der Waals surface area contributed by atoms with Gasteiger partial charge in [-0.3, -0.25) is 19.7 Å². The predicted molar refractivity (Wildman–Crippen MR) is 145 cm³/mol. The third-order valence-corrected chi connectivity index (χ3v) is 6.55. The standard InChI is InChI=1S/C26H18BrCl2N3O5/c1-14-2-6-17(12-21(14)29)30-23(33)13-37-22-9-3-15(11-20(22)27)10-19-24(34)31-26(36)32(25(19)35)18-7-4-16(28)5-8-18/h2-12H,13H2,1H3,(H,30,33)(H,31,34,36)/b19-10-. The van der Waals surface area contributed by atoms with Gasteiger partial charge in [-0.05, 0) is 88.6 Å². The van der Waals surface area contributed by atoms with Gasteiger partial charge in [0.2, 0.25) is 0 Å². The molecule has 5 amide bonds. The van der Waals surface area contributed by atoms with Gasteiger partial charge in [-0.15, -0.1) is 0 Å². The third-order valence-electron chi connectivity index (χ3n) is 5.27. The quantitative estimate of drug-likeness (QED) is 0.276. The van der Waals surface area contributed by atoms with E-state index in [2.05, 4.69) is 26.6 Å². The normalized spacial score (nSPS) is 14.5. The van der Waals surface area contributed by atoms with E-state index < -0.39 is 17.8 Å². The van der Waals surface area contributed by atoms with Crippen LogP contribution in [0.3, 0.4) is 0 Å². The van der Waals surface area contributed by atoms with Crippen molar-refractivity contribution in [1.29, 1.82) is 0 Å². The fourth-order valence-corrected chi connectivity index (χ4v) is 4.20. The van der Waals surface area contributed by atoms with E-state index in [0.29, 0.717) is 31.5 Å². The maximum absolute atomic E-state index is 13.0. The summed E-state index contributed by atoms with van der Waals surface area (Å²) in [5.74, 6) is -1.60. The Morgan fingerprint density at radius 2 is 1.78 bits per heavy atom. The molecule has 0 aliphatic carbocycles. The van der Waals surface area contributed by atoms with Gasteiger partial charge in [0, 0.05) is 15.7 Å². The van der Waals surface area contributed by atoms with Crippen LogP contribution >= 0.6 is 39.1 Å². The molecule has 0 spiro atoms. The number of nitrogens with zero attached hydrogens (tertiary/aromatic N) is 1. The smallest absolute Gasteiger partial charge is 0.335 e. The van der Waals surface area contributed by atoms with Crippen LogP contribution in [-0.2, 0) is 14.4 Å². The van der Waals surface area contributed by atoms with Gasteiger partial charge in [0.05, 0.1) is 10.2 Å². The van der Waals surface area contributed by atoms with E-state index in [1.165, 1.54) is 30.3 Å². The van der Waals surface area contributed by atoms with Crippen LogP contribution in [0.2, 0.25) is 10.0 Å². The monoisotopic (exact) mass is 601 g/mol. The van der Waals surface area contributed by atoms with E-state index in [4.69, 9.17) is 27.9 Å². The van der Waals surface area contributed by atoms with E-state index in [1.807, 2.05) is 6.92 Å². The molecule has 1 aliphatic rings. The van der Waals surface area contributed by atoms with Crippen LogP contribution in [0.4, 0.5) is 16.2 Å². The maximum Gasteiger partial charge on any atom is 0.335 e. The summed E-state index contributed by atoms with van der Waals surface area (Å²) in [6, 6.07) is 15.2. The largest absolute Gasteiger partial charge is 0.483 e. The van der Waals surface area contributed by atoms with Gasteiger partial charge >= 0.3 is 6.03 Å². The van der Waals surface area contributed by atoms with E-state index >= 15 is 0 Å². The Bertz CT molecular complexity index is 1460. The summed E-state index contributed by atoms with van der Waals surface area (Å²) in [6.07, 6.45) is 1.36. The van der Waals surface area contributed by atoms with Crippen LogP contribution in [0, 0.1) is 6.92 Å². The van der Waals surface area contributed by atoms with Crippen molar-refractivity contribution in [2.24, 2.45) is 0 Å².